The van der Waals surface area contributed by atoms with E-state index in [0.717, 1.165) is 0 Å². The fourth-order valence-electron chi connectivity index (χ4n) is 3.45. The summed E-state index contributed by atoms with van der Waals surface area (Å²) in [6, 6.07) is 12.5. The molecule has 1 amide bonds. The van der Waals surface area contributed by atoms with Crippen molar-refractivity contribution in [1.29, 1.82) is 0 Å². The number of hydrogen-bond donors (Lipinski definition) is 1. The van der Waals surface area contributed by atoms with Gasteiger partial charge in [-0.3, -0.25) is 4.79 Å². The lowest BCUT2D eigenvalue weighted by Crippen LogP contribution is -2.44. The molecule has 2 aliphatic rings. The van der Waals surface area contributed by atoms with Crippen LogP contribution < -0.4 is 19.7 Å². The maximum absolute atomic E-state index is 13.1. The van der Waals surface area contributed by atoms with E-state index in [1.54, 1.807) is 30.3 Å². The summed E-state index contributed by atoms with van der Waals surface area (Å²) in [4.78, 5) is 14.4. The summed E-state index contributed by atoms with van der Waals surface area (Å²) in [7, 11) is -3.18. The second kappa shape index (κ2) is 7.18. The molecule has 1 N–H and O–H groups in total. The Labute approximate surface area is 166 Å². The van der Waals surface area contributed by atoms with Gasteiger partial charge in [0.15, 0.2) is 21.3 Å². The molecule has 4 rings (SSSR count). The molecule has 2 aliphatic heterocycles. The van der Waals surface area contributed by atoms with E-state index < -0.39 is 22.2 Å². The van der Waals surface area contributed by atoms with Crippen molar-refractivity contribution in [3.8, 4) is 11.5 Å². The van der Waals surface area contributed by atoms with E-state index in [1.807, 2.05) is 0 Å². The molecule has 2 aromatic rings. The number of benzene rings is 2. The highest BCUT2D eigenvalue weighted by atomic mass is 32.2. The predicted molar refractivity (Wildman–Crippen MR) is 102 cm³/mol. The summed E-state index contributed by atoms with van der Waals surface area (Å²) in [6.45, 7) is -0.151. The van der Waals surface area contributed by atoms with Crippen LogP contribution in [0.25, 0.3) is 0 Å². The molecule has 10 heteroatoms. The molecule has 0 spiro atoms. The molecule has 0 aliphatic carbocycles. The summed E-state index contributed by atoms with van der Waals surface area (Å²) < 4.78 is 58.8. The van der Waals surface area contributed by atoms with Gasteiger partial charge in [0.25, 0.3) is 0 Å². The lowest BCUT2D eigenvalue weighted by atomic mass is 10.1. The summed E-state index contributed by atoms with van der Waals surface area (Å²) in [5.74, 6) is -0.602. The fourth-order valence-corrected chi connectivity index (χ4v) is 5.15. The number of nitrogens with zero attached hydrogens (tertiary/aromatic N) is 1. The molecule has 0 unspecified atom stereocenters. The Balaban J connectivity index is 1.49. The maximum atomic E-state index is 13.1. The van der Waals surface area contributed by atoms with E-state index in [9.17, 15) is 22.0 Å². The van der Waals surface area contributed by atoms with Crippen molar-refractivity contribution in [3.05, 3.63) is 48.5 Å². The third-order valence-corrected chi connectivity index (χ3v) is 6.47. The number of hydrogen-bond acceptors (Lipinski definition) is 6. The van der Waals surface area contributed by atoms with Crippen LogP contribution in [0.2, 0.25) is 0 Å². The van der Waals surface area contributed by atoms with Crippen LogP contribution in [0.1, 0.15) is 6.42 Å². The number of halogens is 2. The number of nitrogens with one attached hydrogen (secondary N) is 1. The van der Waals surface area contributed by atoms with Gasteiger partial charge in [0.2, 0.25) is 5.91 Å². The van der Waals surface area contributed by atoms with Crippen molar-refractivity contribution >= 4 is 27.1 Å². The van der Waals surface area contributed by atoms with E-state index in [0.29, 0.717) is 17.8 Å². The molecule has 2 heterocycles. The smallest absolute Gasteiger partial charge is 0.395 e. The number of carbonyl (C=O) groups is 1. The van der Waals surface area contributed by atoms with Crippen molar-refractivity contribution in [1.82, 2.24) is 0 Å². The number of fused-ring (bicyclic) bond motifs is 1. The zero-order chi connectivity index (χ0) is 20.6. The average molecular weight is 424 g/mol. The standard InChI is InChI=1S/C19H18F2N2O5S/c20-19(21)27-16-7-6-13(10-17(16)28-19)22-11-18(24)23(14-4-2-1-3-5-14)15-8-9-29(25,26)12-15/h1-7,10,15,22H,8-9,11-12H2/t15-/m1/s1. The SMILES string of the molecule is O=C(CNc1ccc2c(c1)OC(F)(F)O2)N(c1ccccc1)[C@@H]1CCS(=O)(=O)C1. The van der Waals surface area contributed by atoms with Crippen LogP contribution >= 0.6 is 0 Å². The highest BCUT2D eigenvalue weighted by Gasteiger charge is 2.43. The first kappa shape index (κ1) is 19.4. The third kappa shape index (κ3) is 4.26. The van der Waals surface area contributed by atoms with Crippen LogP contribution in [-0.2, 0) is 14.6 Å². The van der Waals surface area contributed by atoms with Gasteiger partial charge in [-0.2, -0.15) is 0 Å². The second-order valence-corrected chi connectivity index (χ2v) is 9.07. The van der Waals surface area contributed by atoms with E-state index in [2.05, 4.69) is 14.8 Å². The lowest BCUT2D eigenvalue weighted by Gasteiger charge is -2.28. The number of amides is 1. The number of alkyl halides is 2. The topological polar surface area (TPSA) is 84.9 Å². The van der Waals surface area contributed by atoms with Crippen LogP contribution in [0.15, 0.2) is 48.5 Å². The number of anilines is 2. The number of rotatable bonds is 5. The maximum Gasteiger partial charge on any atom is 0.586 e. The summed E-state index contributed by atoms with van der Waals surface area (Å²) in [6.07, 6.45) is -3.35. The van der Waals surface area contributed by atoms with Crippen LogP contribution in [0.3, 0.4) is 0 Å². The summed E-state index contributed by atoms with van der Waals surface area (Å²) in [5, 5.41) is 2.87. The van der Waals surface area contributed by atoms with Crippen molar-refractivity contribution in [2.75, 3.05) is 28.3 Å². The van der Waals surface area contributed by atoms with Crippen molar-refractivity contribution in [2.45, 2.75) is 18.8 Å². The molecule has 1 fully saturated rings. The van der Waals surface area contributed by atoms with Gasteiger partial charge in [0, 0.05) is 17.4 Å². The third-order valence-electron chi connectivity index (χ3n) is 4.72. The molecule has 154 valence electrons. The first-order valence-electron chi connectivity index (χ1n) is 8.94. The molecule has 1 saturated heterocycles. The summed E-state index contributed by atoms with van der Waals surface area (Å²) in [5.41, 5.74) is 0.997. The molecular formula is C19H18F2N2O5S. The Morgan fingerprint density at radius 2 is 1.86 bits per heavy atom. The Morgan fingerprint density at radius 1 is 1.14 bits per heavy atom. The number of sulfone groups is 1. The first-order valence-corrected chi connectivity index (χ1v) is 10.8. The molecule has 2 aromatic carbocycles. The highest BCUT2D eigenvalue weighted by molar-refractivity contribution is 7.91. The normalized spacial score (nSPS) is 21.0. The molecule has 29 heavy (non-hydrogen) atoms. The molecule has 1 atom stereocenters. The number of carbonyl (C=O) groups excluding carboxylic acids is 1. The first-order chi connectivity index (χ1) is 13.7. The van der Waals surface area contributed by atoms with Gasteiger partial charge in [-0.05, 0) is 30.7 Å². The Bertz CT molecular complexity index is 1030. The zero-order valence-electron chi connectivity index (χ0n) is 15.2. The minimum Gasteiger partial charge on any atom is -0.395 e. The van der Waals surface area contributed by atoms with Gasteiger partial charge < -0.3 is 19.7 Å². The number of para-hydroxylation sites is 1. The van der Waals surface area contributed by atoms with Gasteiger partial charge >= 0.3 is 6.29 Å². The van der Waals surface area contributed by atoms with E-state index in [4.69, 9.17) is 0 Å². The monoisotopic (exact) mass is 424 g/mol. The fraction of sp³-hybridized carbons (Fsp3) is 0.316. The zero-order valence-corrected chi connectivity index (χ0v) is 16.0. The minimum atomic E-state index is -3.71. The molecule has 7 nitrogen and oxygen atoms in total. The van der Waals surface area contributed by atoms with Crippen LogP contribution in [0, 0.1) is 0 Å². The van der Waals surface area contributed by atoms with E-state index >= 15 is 0 Å². The van der Waals surface area contributed by atoms with E-state index in [1.165, 1.54) is 23.1 Å². The van der Waals surface area contributed by atoms with Crippen molar-refractivity contribution in [3.63, 3.8) is 0 Å². The largest absolute Gasteiger partial charge is 0.586 e. The number of ether oxygens (including phenoxy) is 2. The van der Waals surface area contributed by atoms with Crippen molar-refractivity contribution < 1.29 is 31.5 Å². The van der Waals surface area contributed by atoms with Gasteiger partial charge in [0.1, 0.15) is 0 Å². The average Bonchev–Trinajstić information content (AvgIpc) is 3.17. The van der Waals surface area contributed by atoms with Gasteiger partial charge in [-0.15, -0.1) is 8.78 Å². The predicted octanol–water partition coefficient (Wildman–Crippen LogP) is 2.64. The van der Waals surface area contributed by atoms with Gasteiger partial charge in [-0.1, -0.05) is 18.2 Å². The lowest BCUT2D eigenvalue weighted by molar-refractivity contribution is -0.286. The highest BCUT2D eigenvalue weighted by Crippen LogP contribution is 2.42. The Morgan fingerprint density at radius 3 is 2.55 bits per heavy atom. The molecule has 0 bridgehead atoms. The van der Waals surface area contributed by atoms with Gasteiger partial charge in [0.05, 0.1) is 24.1 Å². The van der Waals surface area contributed by atoms with Crippen LogP contribution in [-0.4, -0.2) is 44.7 Å². The Kier molecular flexibility index (Phi) is 4.81. The van der Waals surface area contributed by atoms with Crippen LogP contribution in [0.4, 0.5) is 20.2 Å². The molecular weight excluding hydrogens is 406 g/mol. The molecule has 0 aromatic heterocycles. The molecule has 0 radical (unpaired) electrons. The quantitative estimate of drug-likeness (QED) is 0.795. The van der Waals surface area contributed by atoms with Crippen molar-refractivity contribution in [2.24, 2.45) is 0 Å². The molecule has 0 saturated carbocycles. The minimum absolute atomic E-state index is 0.0398. The summed E-state index contributed by atoms with van der Waals surface area (Å²) >= 11 is 0. The van der Waals surface area contributed by atoms with Gasteiger partial charge in [-0.25, -0.2) is 8.42 Å². The van der Waals surface area contributed by atoms with E-state index in [-0.39, 0.29) is 35.5 Å². The second-order valence-electron chi connectivity index (χ2n) is 6.84. The van der Waals surface area contributed by atoms with Crippen LogP contribution in [0.5, 0.6) is 11.5 Å². The Hall–Kier alpha value is -2.88.